The standard InChI is InChI=1S/C21H21FN2O/c22-17-6-3-5-16(13-17)21(10-4-11-21)20(25)23-12-9-15-14-24-19-8-2-1-7-18(15)19/h1-3,5-8,13-14,24H,4,9-12H2,(H,23,25). The number of halogens is 1. The van der Waals surface area contributed by atoms with E-state index in [9.17, 15) is 9.18 Å². The van der Waals surface area contributed by atoms with E-state index in [-0.39, 0.29) is 11.7 Å². The van der Waals surface area contributed by atoms with E-state index in [0.29, 0.717) is 6.54 Å². The van der Waals surface area contributed by atoms with E-state index in [0.717, 1.165) is 36.8 Å². The van der Waals surface area contributed by atoms with Crippen molar-refractivity contribution in [2.75, 3.05) is 6.54 Å². The van der Waals surface area contributed by atoms with Gasteiger partial charge in [-0.15, -0.1) is 0 Å². The minimum atomic E-state index is -0.553. The van der Waals surface area contributed by atoms with Crippen molar-refractivity contribution in [1.82, 2.24) is 10.3 Å². The number of nitrogens with one attached hydrogen (secondary N) is 2. The molecule has 25 heavy (non-hydrogen) atoms. The highest BCUT2D eigenvalue weighted by molar-refractivity contribution is 5.89. The second kappa shape index (κ2) is 6.36. The maximum atomic E-state index is 13.6. The molecule has 3 nitrogen and oxygen atoms in total. The highest BCUT2D eigenvalue weighted by Gasteiger charge is 2.45. The molecular weight excluding hydrogens is 315 g/mol. The molecular formula is C21H21FN2O. The fourth-order valence-electron chi connectivity index (χ4n) is 3.78. The molecule has 1 fully saturated rings. The van der Waals surface area contributed by atoms with Crippen molar-refractivity contribution in [2.45, 2.75) is 31.1 Å². The topological polar surface area (TPSA) is 44.9 Å². The summed E-state index contributed by atoms with van der Waals surface area (Å²) >= 11 is 0. The highest BCUT2D eigenvalue weighted by Crippen LogP contribution is 2.44. The third-order valence-electron chi connectivity index (χ3n) is 5.37. The van der Waals surface area contributed by atoms with Gasteiger partial charge >= 0.3 is 0 Å². The maximum Gasteiger partial charge on any atom is 0.230 e. The quantitative estimate of drug-likeness (QED) is 0.724. The van der Waals surface area contributed by atoms with Crippen LogP contribution in [0.25, 0.3) is 10.9 Å². The van der Waals surface area contributed by atoms with Crippen LogP contribution in [0.1, 0.15) is 30.4 Å². The second-order valence-corrected chi connectivity index (χ2v) is 6.81. The van der Waals surface area contributed by atoms with E-state index in [2.05, 4.69) is 16.4 Å². The summed E-state index contributed by atoms with van der Waals surface area (Å²) < 4.78 is 13.6. The minimum absolute atomic E-state index is 0.0178. The normalized spacial score (nSPS) is 15.7. The van der Waals surface area contributed by atoms with Crippen molar-refractivity contribution < 1.29 is 9.18 Å². The predicted molar refractivity (Wildman–Crippen MR) is 96.9 cm³/mol. The Bertz CT molecular complexity index is 911. The van der Waals surface area contributed by atoms with Gasteiger partial charge in [0.25, 0.3) is 0 Å². The Balaban J connectivity index is 1.44. The zero-order chi connectivity index (χ0) is 17.3. The van der Waals surface area contributed by atoms with Gasteiger partial charge in [-0.05, 0) is 48.6 Å². The number of aromatic nitrogens is 1. The summed E-state index contributed by atoms with van der Waals surface area (Å²) in [4.78, 5) is 16.1. The molecule has 1 amide bonds. The zero-order valence-electron chi connectivity index (χ0n) is 14.0. The van der Waals surface area contributed by atoms with E-state index < -0.39 is 5.41 Å². The van der Waals surface area contributed by atoms with Crippen LogP contribution in [0.3, 0.4) is 0 Å². The lowest BCUT2D eigenvalue weighted by molar-refractivity contribution is -0.129. The van der Waals surface area contributed by atoms with Crippen molar-refractivity contribution in [3.05, 3.63) is 71.7 Å². The molecule has 3 aromatic rings. The van der Waals surface area contributed by atoms with E-state index >= 15 is 0 Å². The molecule has 128 valence electrons. The van der Waals surface area contributed by atoms with Crippen molar-refractivity contribution in [2.24, 2.45) is 0 Å². The van der Waals surface area contributed by atoms with Gasteiger partial charge in [-0.2, -0.15) is 0 Å². The van der Waals surface area contributed by atoms with E-state index in [4.69, 9.17) is 0 Å². The number of fused-ring (bicyclic) bond motifs is 1. The smallest absolute Gasteiger partial charge is 0.230 e. The van der Waals surface area contributed by atoms with Gasteiger partial charge in [0.05, 0.1) is 5.41 Å². The van der Waals surface area contributed by atoms with E-state index in [1.54, 1.807) is 6.07 Å². The lowest BCUT2D eigenvalue weighted by Gasteiger charge is -2.40. The molecule has 1 aliphatic carbocycles. The first-order valence-electron chi connectivity index (χ1n) is 8.78. The van der Waals surface area contributed by atoms with Crippen LogP contribution in [-0.2, 0) is 16.6 Å². The molecule has 4 heteroatoms. The molecule has 0 radical (unpaired) electrons. The Morgan fingerprint density at radius 1 is 1.16 bits per heavy atom. The number of para-hydroxylation sites is 1. The van der Waals surface area contributed by atoms with Crippen LogP contribution in [-0.4, -0.2) is 17.4 Å². The van der Waals surface area contributed by atoms with Gasteiger partial charge in [-0.1, -0.05) is 36.8 Å². The number of carbonyl (C=O) groups excluding carboxylic acids is 1. The summed E-state index contributed by atoms with van der Waals surface area (Å²) in [7, 11) is 0. The number of carbonyl (C=O) groups is 1. The SMILES string of the molecule is O=C(NCCc1c[nH]c2ccccc12)C1(c2cccc(F)c2)CCC1. The zero-order valence-corrected chi connectivity index (χ0v) is 14.0. The molecule has 0 spiro atoms. The van der Waals surface area contributed by atoms with Gasteiger partial charge in [-0.3, -0.25) is 4.79 Å². The fraction of sp³-hybridized carbons (Fsp3) is 0.286. The summed E-state index contributed by atoms with van der Waals surface area (Å²) in [5, 5.41) is 4.27. The predicted octanol–water partition coefficient (Wildman–Crippen LogP) is 4.09. The molecule has 4 rings (SSSR count). The minimum Gasteiger partial charge on any atom is -0.361 e. The molecule has 0 unspecified atom stereocenters. The first-order valence-corrected chi connectivity index (χ1v) is 8.78. The van der Waals surface area contributed by atoms with Gasteiger partial charge in [0.2, 0.25) is 5.91 Å². The number of benzene rings is 2. The first kappa shape index (κ1) is 15.9. The van der Waals surface area contributed by atoms with Crippen LogP contribution in [0.4, 0.5) is 4.39 Å². The Morgan fingerprint density at radius 3 is 2.76 bits per heavy atom. The number of amides is 1. The largest absolute Gasteiger partial charge is 0.361 e. The molecule has 0 bridgehead atoms. The summed E-state index contributed by atoms with van der Waals surface area (Å²) in [6.07, 6.45) is 5.36. The van der Waals surface area contributed by atoms with Crippen LogP contribution in [0, 0.1) is 5.82 Å². The van der Waals surface area contributed by atoms with Crippen molar-refractivity contribution in [1.29, 1.82) is 0 Å². The van der Waals surface area contributed by atoms with E-state index in [1.807, 2.05) is 30.5 Å². The van der Waals surface area contributed by atoms with Crippen LogP contribution in [0.15, 0.2) is 54.7 Å². The van der Waals surface area contributed by atoms with Gasteiger partial charge in [-0.25, -0.2) is 4.39 Å². The molecule has 0 aliphatic heterocycles. The summed E-state index contributed by atoms with van der Waals surface area (Å²) in [5.41, 5.74) is 2.55. The van der Waals surface area contributed by atoms with Crippen LogP contribution in [0.2, 0.25) is 0 Å². The third-order valence-corrected chi connectivity index (χ3v) is 5.37. The first-order chi connectivity index (χ1) is 12.2. The second-order valence-electron chi connectivity index (χ2n) is 6.81. The number of hydrogen-bond donors (Lipinski definition) is 2. The average molecular weight is 336 g/mol. The van der Waals surface area contributed by atoms with Crippen molar-refractivity contribution in [3.63, 3.8) is 0 Å². The molecule has 2 aromatic carbocycles. The monoisotopic (exact) mass is 336 g/mol. The van der Waals surface area contributed by atoms with Gasteiger partial charge < -0.3 is 10.3 Å². The van der Waals surface area contributed by atoms with Crippen molar-refractivity contribution in [3.8, 4) is 0 Å². The highest BCUT2D eigenvalue weighted by atomic mass is 19.1. The Labute approximate surface area is 146 Å². The third kappa shape index (κ3) is 2.82. The summed E-state index contributed by atoms with van der Waals surface area (Å²) in [6, 6.07) is 14.6. The Hall–Kier alpha value is -2.62. The van der Waals surface area contributed by atoms with Crippen molar-refractivity contribution >= 4 is 16.8 Å². The lowest BCUT2D eigenvalue weighted by atomic mass is 9.64. The van der Waals surface area contributed by atoms with Gasteiger partial charge in [0.1, 0.15) is 5.82 Å². The number of rotatable bonds is 5. The van der Waals surface area contributed by atoms with Crippen LogP contribution in [0.5, 0.6) is 0 Å². The number of aromatic amines is 1. The molecule has 1 heterocycles. The molecule has 1 aromatic heterocycles. The molecule has 2 N–H and O–H groups in total. The van der Waals surface area contributed by atoms with Gasteiger partial charge in [0, 0.05) is 23.6 Å². The lowest BCUT2D eigenvalue weighted by Crippen LogP contribution is -2.49. The molecule has 1 saturated carbocycles. The number of hydrogen-bond acceptors (Lipinski definition) is 1. The van der Waals surface area contributed by atoms with Crippen LogP contribution < -0.4 is 5.32 Å². The molecule has 1 aliphatic rings. The fourth-order valence-corrected chi connectivity index (χ4v) is 3.78. The Morgan fingerprint density at radius 2 is 2.00 bits per heavy atom. The Kier molecular flexibility index (Phi) is 4.04. The molecule has 0 atom stereocenters. The van der Waals surface area contributed by atoms with Crippen LogP contribution >= 0.6 is 0 Å². The summed E-state index contributed by atoms with van der Waals surface area (Å²) in [5.74, 6) is -0.264. The van der Waals surface area contributed by atoms with Gasteiger partial charge in [0.15, 0.2) is 0 Å². The summed E-state index contributed by atoms with van der Waals surface area (Å²) in [6.45, 7) is 0.581. The number of H-pyrrole nitrogens is 1. The maximum absolute atomic E-state index is 13.6. The van der Waals surface area contributed by atoms with E-state index in [1.165, 1.54) is 23.1 Å². The molecule has 0 saturated heterocycles. The average Bonchev–Trinajstić information content (AvgIpc) is 2.97.